The summed E-state index contributed by atoms with van der Waals surface area (Å²) in [5.74, 6) is -5.29. The van der Waals surface area contributed by atoms with Crippen molar-refractivity contribution in [3.8, 4) is 0 Å². The topological polar surface area (TPSA) is 102 Å². The van der Waals surface area contributed by atoms with E-state index >= 15 is 0 Å². The number of hydrogen-bond acceptors (Lipinski definition) is 5. The number of amides is 2. The van der Waals surface area contributed by atoms with Gasteiger partial charge in [-0.1, -0.05) is 31.2 Å². The number of aliphatic carboxylic acids is 1. The molecule has 2 aromatic rings. The van der Waals surface area contributed by atoms with Crippen molar-refractivity contribution >= 4 is 23.5 Å². The molecular weight excluding hydrogens is 560 g/mol. The molecule has 0 radical (unpaired) electrons. The van der Waals surface area contributed by atoms with Gasteiger partial charge in [-0.15, -0.1) is 0 Å². The number of carbonyl (C=O) groups excluding carboxylic acids is 3. The largest absolute Gasteiger partial charge is 1.00 e. The number of alkyl halides is 5. The molecule has 2 aromatic carbocycles. The van der Waals surface area contributed by atoms with Gasteiger partial charge in [-0.2, -0.15) is 13.2 Å². The number of rotatable bonds is 8. The third-order valence-electron chi connectivity index (χ3n) is 7.33. The van der Waals surface area contributed by atoms with Crippen molar-refractivity contribution in [1.29, 1.82) is 0 Å². The van der Waals surface area contributed by atoms with Crippen LogP contribution in [0, 0.1) is 0 Å². The van der Waals surface area contributed by atoms with Gasteiger partial charge in [-0.3, -0.25) is 14.6 Å². The molecule has 0 unspecified atom stereocenters. The summed E-state index contributed by atoms with van der Waals surface area (Å²) in [5.41, 5.74) is -1.24. The fourth-order valence-electron chi connectivity index (χ4n) is 5.22. The quantitative estimate of drug-likeness (QED) is 0.372. The van der Waals surface area contributed by atoms with E-state index in [9.17, 15) is 41.4 Å². The van der Waals surface area contributed by atoms with Crippen molar-refractivity contribution in [2.45, 2.75) is 69.3 Å². The molecule has 1 N–H and O–H groups in total. The van der Waals surface area contributed by atoms with Crippen molar-refractivity contribution in [3.63, 3.8) is 0 Å². The van der Waals surface area contributed by atoms with E-state index in [0.717, 1.165) is 24.3 Å². The Bertz CT molecular complexity index is 1300. The molecule has 214 valence electrons. The summed E-state index contributed by atoms with van der Waals surface area (Å²) >= 11 is 0. The summed E-state index contributed by atoms with van der Waals surface area (Å²) in [5, 5.41) is 13.0. The maximum Gasteiger partial charge on any atom is 1.00 e. The SMILES string of the molecule is CC[C@H](c1ccc(C(=O)NCCC(=O)[O-])cc1)N1C(=O)C(c2ccc(C(F)(F)F)cc2)=NC12CCC(F)(F)CC2.[Na+]. The van der Waals surface area contributed by atoms with Crippen LogP contribution in [0.25, 0.3) is 0 Å². The Balaban J connectivity index is 0.00000462. The minimum atomic E-state index is -4.56. The van der Waals surface area contributed by atoms with Crippen LogP contribution in [0.5, 0.6) is 0 Å². The molecule has 41 heavy (non-hydrogen) atoms. The van der Waals surface area contributed by atoms with Gasteiger partial charge in [0.2, 0.25) is 5.92 Å². The van der Waals surface area contributed by atoms with E-state index in [0.29, 0.717) is 12.0 Å². The summed E-state index contributed by atoms with van der Waals surface area (Å²) in [6.45, 7) is 1.69. The van der Waals surface area contributed by atoms with Gasteiger partial charge in [0, 0.05) is 42.9 Å². The number of nitrogens with zero attached hydrogens (tertiary/aromatic N) is 2. The standard InChI is InChI=1S/C28H28F5N3O4.Na/c1-2-21(17-3-5-19(6-4-17)24(39)34-16-11-22(37)38)36-25(40)23(18-7-9-20(10-8-18)28(31,32)33)35-27(36)14-12-26(29,30)13-15-27;/h3-10,21H,2,11-16H2,1H3,(H,34,39)(H,37,38);/q;+1/p-1/t21-;/m1./s1. The van der Waals surface area contributed by atoms with E-state index in [-0.39, 0.29) is 72.2 Å². The Morgan fingerprint density at radius 2 is 1.61 bits per heavy atom. The first-order valence-electron chi connectivity index (χ1n) is 12.8. The van der Waals surface area contributed by atoms with Crippen molar-refractivity contribution in [1.82, 2.24) is 10.2 Å². The molecule has 1 aliphatic heterocycles. The van der Waals surface area contributed by atoms with Gasteiger partial charge in [-0.25, -0.2) is 8.78 Å². The van der Waals surface area contributed by atoms with E-state index in [1.165, 1.54) is 17.0 Å². The van der Waals surface area contributed by atoms with Crippen LogP contribution in [0.1, 0.15) is 78.5 Å². The molecule has 1 atom stereocenters. The summed E-state index contributed by atoms with van der Waals surface area (Å²) in [6, 6.07) is 9.65. The Hall–Kier alpha value is -2.83. The first-order chi connectivity index (χ1) is 18.8. The van der Waals surface area contributed by atoms with Crippen molar-refractivity contribution in [3.05, 3.63) is 70.8 Å². The molecule has 2 aliphatic rings. The molecule has 0 bridgehead atoms. The zero-order valence-electron chi connectivity index (χ0n) is 22.6. The van der Waals surface area contributed by atoms with Crippen LogP contribution in [0.15, 0.2) is 53.5 Å². The van der Waals surface area contributed by atoms with E-state index < -0.39 is 60.0 Å². The Morgan fingerprint density at radius 1 is 1.02 bits per heavy atom. The smallest absolute Gasteiger partial charge is 0.550 e. The number of carboxylic acid groups (broad SMARTS) is 1. The Labute approximate surface area is 255 Å². The second kappa shape index (κ2) is 12.6. The molecule has 1 spiro atoms. The van der Waals surface area contributed by atoms with E-state index in [1.807, 2.05) is 0 Å². The second-order valence-electron chi connectivity index (χ2n) is 9.97. The number of carbonyl (C=O) groups is 3. The summed E-state index contributed by atoms with van der Waals surface area (Å²) in [6.07, 6.45) is -5.77. The summed E-state index contributed by atoms with van der Waals surface area (Å²) in [4.78, 5) is 42.8. The predicted molar refractivity (Wildman–Crippen MR) is 132 cm³/mol. The molecule has 1 fully saturated rings. The zero-order chi connectivity index (χ0) is 29.3. The van der Waals surface area contributed by atoms with E-state index in [1.54, 1.807) is 19.1 Å². The van der Waals surface area contributed by atoms with Crippen molar-refractivity contribution in [2.75, 3.05) is 6.54 Å². The maximum absolute atomic E-state index is 14.2. The predicted octanol–water partition coefficient (Wildman–Crippen LogP) is 1.27. The first-order valence-corrected chi connectivity index (χ1v) is 12.8. The van der Waals surface area contributed by atoms with Crippen LogP contribution in [0.3, 0.4) is 0 Å². The first kappa shape index (κ1) is 32.7. The van der Waals surface area contributed by atoms with Crippen LogP contribution in [-0.4, -0.2) is 46.5 Å². The Morgan fingerprint density at radius 3 is 2.12 bits per heavy atom. The van der Waals surface area contributed by atoms with Crippen molar-refractivity contribution < 1.29 is 71.0 Å². The fraction of sp³-hybridized carbons (Fsp3) is 0.429. The van der Waals surface area contributed by atoms with Gasteiger partial charge in [0.05, 0.1) is 11.6 Å². The molecule has 4 rings (SSSR count). The molecule has 7 nitrogen and oxygen atoms in total. The number of halogens is 5. The van der Waals surface area contributed by atoms with Gasteiger partial charge in [0.1, 0.15) is 11.4 Å². The normalized spacial score (nSPS) is 18.4. The minimum absolute atomic E-state index is 0. The number of benzene rings is 2. The molecule has 0 aromatic heterocycles. The average Bonchev–Trinajstić information content (AvgIpc) is 3.18. The molecule has 13 heteroatoms. The number of aliphatic imine (C=N–C) groups is 1. The van der Waals surface area contributed by atoms with Gasteiger partial charge in [-0.05, 0) is 49.1 Å². The van der Waals surface area contributed by atoms with Gasteiger partial charge in [0.25, 0.3) is 11.8 Å². The molecular formula is C28H27F5N3NaO4. The minimum Gasteiger partial charge on any atom is -0.550 e. The molecule has 2 amide bonds. The monoisotopic (exact) mass is 587 g/mol. The maximum atomic E-state index is 14.2. The molecule has 0 saturated heterocycles. The molecule has 1 heterocycles. The molecule has 1 saturated carbocycles. The van der Waals surface area contributed by atoms with Crippen molar-refractivity contribution in [2.24, 2.45) is 4.99 Å². The third kappa shape index (κ3) is 7.15. The number of nitrogens with one attached hydrogen (secondary N) is 1. The van der Waals surface area contributed by atoms with Gasteiger partial charge >= 0.3 is 35.7 Å². The van der Waals surface area contributed by atoms with Crippen LogP contribution in [-0.2, 0) is 15.8 Å². The Kier molecular flexibility index (Phi) is 10.0. The van der Waals surface area contributed by atoms with E-state index in [2.05, 4.69) is 10.3 Å². The van der Waals surface area contributed by atoms with Crippen LogP contribution >= 0.6 is 0 Å². The second-order valence-corrected chi connectivity index (χ2v) is 9.97. The molecule has 1 aliphatic carbocycles. The van der Waals surface area contributed by atoms with Crippen LogP contribution < -0.4 is 40.0 Å². The van der Waals surface area contributed by atoms with Crippen LogP contribution in [0.4, 0.5) is 22.0 Å². The summed E-state index contributed by atoms with van der Waals surface area (Å²) < 4.78 is 67.6. The van der Waals surface area contributed by atoms with E-state index in [4.69, 9.17) is 0 Å². The summed E-state index contributed by atoms with van der Waals surface area (Å²) in [7, 11) is 0. The third-order valence-corrected chi connectivity index (χ3v) is 7.33. The number of hydrogen-bond donors (Lipinski definition) is 1. The zero-order valence-corrected chi connectivity index (χ0v) is 24.6. The average molecular weight is 588 g/mol. The number of carboxylic acids is 1. The fourth-order valence-corrected chi connectivity index (χ4v) is 5.22. The van der Waals surface area contributed by atoms with Gasteiger partial charge in [0.15, 0.2) is 0 Å². The van der Waals surface area contributed by atoms with Crippen LogP contribution in [0.2, 0.25) is 0 Å². The van der Waals surface area contributed by atoms with Gasteiger partial charge < -0.3 is 20.1 Å².